The number of halogens is 1. The number of phenolic OH excluding ortho intramolecular Hbond substituents is 1. The molecule has 1 aliphatic rings. The van der Waals surface area contributed by atoms with E-state index in [9.17, 15) is 23.4 Å². The normalized spacial score (nSPS) is 14.5. The summed E-state index contributed by atoms with van der Waals surface area (Å²) in [7, 11) is -3.86. The standard InChI is InChI=1S/C26H27ClN2O5S/c27-19-3-1-2-18(14-19)25(31)16-28-13-12-17-4-8-21(9-5-17)35(33,34)22-10-11-24(30)23(15-22)26(32)29-20-6-7-20/h1-5,8-11,14-15,20,25,28,30-31H,6-7,12-13,16H2,(H,29,32)/t25-/m0/s1. The number of amides is 1. The molecule has 0 heterocycles. The Morgan fingerprint density at radius 3 is 2.43 bits per heavy atom. The third kappa shape index (κ3) is 6.41. The van der Waals surface area contributed by atoms with Crippen LogP contribution >= 0.6 is 11.6 Å². The van der Waals surface area contributed by atoms with Crippen molar-refractivity contribution < 1.29 is 23.4 Å². The zero-order valence-corrected chi connectivity index (χ0v) is 20.5. The number of aliphatic hydroxyl groups is 1. The van der Waals surface area contributed by atoms with Gasteiger partial charge in [0, 0.05) is 17.6 Å². The molecule has 7 nitrogen and oxygen atoms in total. The van der Waals surface area contributed by atoms with Crippen LogP contribution in [0.4, 0.5) is 0 Å². The fourth-order valence-electron chi connectivity index (χ4n) is 3.63. The quantitative estimate of drug-likeness (QED) is 0.307. The van der Waals surface area contributed by atoms with Gasteiger partial charge in [0.15, 0.2) is 0 Å². The molecule has 184 valence electrons. The lowest BCUT2D eigenvalue weighted by atomic mass is 10.1. The summed E-state index contributed by atoms with van der Waals surface area (Å²) in [5.74, 6) is -0.740. The summed E-state index contributed by atoms with van der Waals surface area (Å²) in [5, 5.41) is 26.8. The molecule has 1 fully saturated rings. The van der Waals surface area contributed by atoms with Gasteiger partial charge in [-0.05, 0) is 79.4 Å². The fourth-order valence-corrected chi connectivity index (χ4v) is 5.12. The zero-order valence-electron chi connectivity index (χ0n) is 18.9. The van der Waals surface area contributed by atoms with Crippen LogP contribution in [0.2, 0.25) is 5.02 Å². The van der Waals surface area contributed by atoms with Gasteiger partial charge in [-0.15, -0.1) is 0 Å². The average molecular weight is 515 g/mol. The first-order valence-corrected chi connectivity index (χ1v) is 13.2. The highest BCUT2D eigenvalue weighted by Gasteiger charge is 2.26. The van der Waals surface area contributed by atoms with Crippen LogP contribution in [0, 0.1) is 0 Å². The molecule has 1 amide bonds. The summed E-state index contributed by atoms with van der Waals surface area (Å²) in [6, 6.07) is 17.4. The first-order chi connectivity index (χ1) is 16.7. The van der Waals surface area contributed by atoms with Crippen LogP contribution in [0.3, 0.4) is 0 Å². The van der Waals surface area contributed by atoms with E-state index in [0.29, 0.717) is 24.5 Å². The number of hydrogen-bond donors (Lipinski definition) is 4. The molecule has 1 aliphatic carbocycles. The van der Waals surface area contributed by atoms with Crippen molar-refractivity contribution >= 4 is 27.3 Å². The highest BCUT2D eigenvalue weighted by atomic mass is 35.5. The van der Waals surface area contributed by atoms with Gasteiger partial charge in [-0.3, -0.25) is 4.79 Å². The van der Waals surface area contributed by atoms with Crippen molar-refractivity contribution in [3.05, 3.63) is 88.4 Å². The Morgan fingerprint density at radius 1 is 1.03 bits per heavy atom. The summed E-state index contributed by atoms with van der Waals surface area (Å²) >= 11 is 5.96. The third-order valence-corrected chi connectivity index (χ3v) is 7.83. The SMILES string of the molecule is O=C(NC1CC1)c1cc(S(=O)(=O)c2ccc(CCNC[C@H](O)c3cccc(Cl)c3)cc2)ccc1O. The van der Waals surface area contributed by atoms with E-state index in [0.717, 1.165) is 24.0 Å². The summed E-state index contributed by atoms with van der Waals surface area (Å²) < 4.78 is 26.2. The molecular formula is C26H27ClN2O5S. The molecule has 9 heteroatoms. The largest absolute Gasteiger partial charge is 0.507 e. The van der Waals surface area contributed by atoms with Gasteiger partial charge in [0.05, 0.1) is 21.5 Å². The number of rotatable bonds is 10. The second kappa shape index (κ2) is 10.8. The highest BCUT2D eigenvalue weighted by molar-refractivity contribution is 7.91. The number of aliphatic hydroxyl groups excluding tert-OH is 1. The Labute approximate surface area is 209 Å². The van der Waals surface area contributed by atoms with Crippen molar-refractivity contribution in [2.75, 3.05) is 13.1 Å². The molecule has 1 atom stereocenters. The second-order valence-electron chi connectivity index (χ2n) is 8.60. The average Bonchev–Trinajstić information content (AvgIpc) is 3.66. The highest BCUT2D eigenvalue weighted by Crippen LogP contribution is 2.28. The first kappa shape index (κ1) is 25.2. The first-order valence-electron chi connectivity index (χ1n) is 11.4. The van der Waals surface area contributed by atoms with E-state index in [-0.39, 0.29) is 27.1 Å². The Balaban J connectivity index is 1.36. The van der Waals surface area contributed by atoms with Crippen molar-refractivity contribution in [1.82, 2.24) is 10.6 Å². The van der Waals surface area contributed by atoms with Crippen LogP contribution in [-0.2, 0) is 16.3 Å². The predicted octanol–water partition coefficient (Wildman–Crippen LogP) is 3.64. The van der Waals surface area contributed by atoms with Gasteiger partial charge >= 0.3 is 0 Å². The van der Waals surface area contributed by atoms with Crippen molar-refractivity contribution in [2.45, 2.75) is 41.2 Å². The van der Waals surface area contributed by atoms with Crippen molar-refractivity contribution in [2.24, 2.45) is 0 Å². The van der Waals surface area contributed by atoms with Gasteiger partial charge in [0.1, 0.15) is 5.75 Å². The van der Waals surface area contributed by atoms with Gasteiger partial charge in [-0.2, -0.15) is 0 Å². The molecule has 3 aromatic carbocycles. The minimum atomic E-state index is -3.86. The molecule has 3 aromatic rings. The van der Waals surface area contributed by atoms with Gasteiger partial charge < -0.3 is 20.8 Å². The molecule has 0 bridgehead atoms. The summed E-state index contributed by atoms with van der Waals surface area (Å²) in [6.45, 7) is 0.964. The van der Waals surface area contributed by atoms with E-state index in [1.54, 1.807) is 30.3 Å². The molecule has 4 rings (SSSR count). The zero-order chi connectivity index (χ0) is 25.0. The number of hydrogen-bond acceptors (Lipinski definition) is 6. The third-order valence-electron chi connectivity index (χ3n) is 5.83. The number of phenols is 1. The van der Waals surface area contributed by atoms with Crippen LogP contribution in [0.25, 0.3) is 0 Å². The fraction of sp³-hybridized carbons (Fsp3) is 0.269. The lowest BCUT2D eigenvalue weighted by Gasteiger charge is -2.13. The number of aromatic hydroxyl groups is 1. The number of carbonyl (C=O) groups excluding carboxylic acids is 1. The maximum absolute atomic E-state index is 13.1. The Morgan fingerprint density at radius 2 is 1.74 bits per heavy atom. The van der Waals surface area contributed by atoms with Crippen molar-refractivity contribution in [3.8, 4) is 5.75 Å². The minimum Gasteiger partial charge on any atom is -0.507 e. The number of carbonyl (C=O) groups is 1. The van der Waals surface area contributed by atoms with Gasteiger partial charge in [-0.1, -0.05) is 35.9 Å². The topological polar surface area (TPSA) is 116 Å². The molecule has 0 saturated heterocycles. The molecule has 0 aliphatic heterocycles. The lowest BCUT2D eigenvalue weighted by Crippen LogP contribution is -2.25. The number of benzene rings is 3. The molecule has 35 heavy (non-hydrogen) atoms. The van der Waals surface area contributed by atoms with Crippen LogP contribution in [0.5, 0.6) is 5.75 Å². The molecular weight excluding hydrogens is 488 g/mol. The van der Waals surface area contributed by atoms with Crippen LogP contribution < -0.4 is 10.6 Å². The predicted molar refractivity (Wildman–Crippen MR) is 133 cm³/mol. The van der Waals surface area contributed by atoms with Crippen molar-refractivity contribution in [3.63, 3.8) is 0 Å². The van der Waals surface area contributed by atoms with Gasteiger partial charge in [0.25, 0.3) is 5.91 Å². The van der Waals surface area contributed by atoms with Gasteiger partial charge in [-0.25, -0.2) is 8.42 Å². The molecule has 1 saturated carbocycles. The van der Waals surface area contributed by atoms with Crippen molar-refractivity contribution in [1.29, 1.82) is 0 Å². The monoisotopic (exact) mass is 514 g/mol. The molecule has 4 N–H and O–H groups in total. The van der Waals surface area contributed by atoms with E-state index in [1.807, 2.05) is 6.07 Å². The number of nitrogens with one attached hydrogen (secondary N) is 2. The van der Waals surface area contributed by atoms with Crippen LogP contribution in [0.15, 0.2) is 76.5 Å². The second-order valence-corrected chi connectivity index (χ2v) is 11.0. The van der Waals surface area contributed by atoms with E-state index in [2.05, 4.69) is 10.6 Å². The van der Waals surface area contributed by atoms with Gasteiger partial charge in [0.2, 0.25) is 9.84 Å². The van der Waals surface area contributed by atoms with E-state index >= 15 is 0 Å². The van der Waals surface area contributed by atoms with E-state index < -0.39 is 21.8 Å². The van der Waals surface area contributed by atoms with Crippen LogP contribution in [0.1, 0.15) is 40.4 Å². The Kier molecular flexibility index (Phi) is 7.76. The smallest absolute Gasteiger partial charge is 0.255 e. The maximum atomic E-state index is 13.1. The van der Waals surface area contributed by atoms with E-state index in [1.165, 1.54) is 30.3 Å². The minimum absolute atomic E-state index is 0.0549. The number of sulfone groups is 1. The Hall–Kier alpha value is -2.91. The summed E-state index contributed by atoms with van der Waals surface area (Å²) in [5.41, 5.74) is 1.62. The Bertz CT molecular complexity index is 1310. The maximum Gasteiger partial charge on any atom is 0.255 e. The van der Waals surface area contributed by atoms with Crippen LogP contribution in [-0.4, -0.2) is 43.7 Å². The van der Waals surface area contributed by atoms with E-state index in [4.69, 9.17) is 11.6 Å². The molecule has 0 radical (unpaired) electrons. The lowest BCUT2D eigenvalue weighted by molar-refractivity contribution is 0.0948. The molecule has 0 unspecified atom stereocenters. The summed E-state index contributed by atoms with van der Waals surface area (Å²) in [4.78, 5) is 12.4. The molecule has 0 spiro atoms. The molecule has 0 aromatic heterocycles. The summed E-state index contributed by atoms with van der Waals surface area (Å²) in [6.07, 6.45) is 1.74.